The van der Waals surface area contributed by atoms with Crippen LogP contribution in [0.25, 0.3) is 11.0 Å². The van der Waals surface area contributed by atoms with Gasteiger partial charge in [0, 0.05) is 23.1 Å². The van der Waals surface area contributed by atoms with E-state index in [9.17, 15) is 14.4 Å². The minimum Gasteiger partial charge on any atom is -0.464 e. The first-order valence-electron chi connectivity index (χ1n) is 9.27. The molecular formula is C22H22N2O5. The molecule has 0 aliphatic heterocycles. The number of esters is 1. The fourth-order valence-corrected chi connectivity index (χ4v) is 2.94. The zero-order valence-electron chi connectivity index (χ0n) is 16.2. The van der Waals surface area contributed by atoms with Crippen molar-refractivity contribution in [3.05, 3.63) is 71.5 Å². The van der Waals surface area contributed by atoms with Gasteiger partial charge in [-0.25, -0.2) is 4.79 Å². The molecule has 0 radical (unpaired) electrons. The fourth-order valence-electron chi connectivity index (χ4n) is 2.94. The van der Waals surface area contributed by atoms with Gasteiger partial charge in [-0.2, -0.15) is 0 Å². The van der Waals surface area contributed by atoms with Crippen molar-refractivity contribution < 1.29 is 23.5 Å². The molecule has 29 heavy (non-hydrogen) atoms. The highest BCUT2D eigenvalue weighted by Gasteiger charge is 2.27. The zero-order chi connectivity index (χ0) is 20.8. The number of hydrogen-bond donors (Lipinski definition) is 2. The molecule has 2 N–H and O–H groups in total. The molecule has 3 aromatic rings. The first-order chi connectivity index (χ1) is 14.0. The van der Waals surface area contributed by atoms with Gasteiger partial charge in [0.1, 0.15) is 5.58 Å². The SMILES string of the molecule is CCNC(=O)NC(=O)[C@H](OC(=O)Cc1coc2cc(C)ccc12)c1ccccc1. The highest BCUT2D eigenvalue weighted by Crippen LogP contribution is 2.24. The molecule has 7 nitrogen and oxygen atoms in total. The van der Waals surface area contributed by atoms with E-state index in [4.69, 9.17) is 9.15 Å². The van der Waals surface area contributed by atoms with Gasteiger partial charge in [-0.15, -0.1) is 0 Å². The Kier molecular flexibility index (Phi) is 6.29. The van der Waals surface area contributed by atoms with Crippen molar-refractivity contribution in [3.63, 3.8) is 0 Å². The Hall–Kier alpha value is -3.61. The van der Waals surface area contributed by atoms with Gasteiger partial charge in [0.25, 0.3) is 5.91 Å². The van der Waals surface area contributed by atoms with E-state index in [-0.39, 0.29) is 6.42 Å². The van der Waals surface area contributed by atoms with Gasteiger partial charge in [0.05, 0.1) is 12.7 Å². The van der Waals surface area contributed by atoms with E-state index < -0.39 is 24.0 Å². The number of carbonyl (C=O) groups excluding carboxylic acids is 3. The monoisotopic (exact) mass is 394 g/mol. The summed E-state index contributed by atoms with van der Waals surface area (Å²) in [7, 11) is 0. The van der Waals surface area contributed by atoms with Crippen molar-refractivity contribution in [3.8, 4) is 0 Å². The van der Waals surface area contributed by atoms with Crippen molar-refractivity contribution >= 4 is 28.9 Å². The summed E-state index contributed by atoms with van der Waals surface area (Å²) in [5, 5.41) is 5.48. The lowest BCUT2D eigenvalue weighted by molar-refractivity contribution is -0.155. The molecule has 7 heteroatoms. The number of aryl methyl sites for hydroxylation is 1. The van der Waals surface area contributed by atoms with Crippen LogP contribution < -0.4 is 10.6 Å². The van der Waals surface area contributed by atoms with Gasteiger partial charge in [0.2, 0.25) is 6.10 Å². The number of furan rings is 1. The average molecular weight is 394 g/mol. The number of rotatable bonds is 6. The topological polar surface area (TPSA) is 97.6 Å². The van der Waals surface area contributed by atoms with E-state index in [1.54, 1.807) is 37.3 Å². The first kappa shape index (κ1) is 20.1. The summed E-state index contributed by atoms with van der Waals surface area (Å²) in [4.78, 5) is 36.8. The van der Waals surface area contributed by atoms with Gasteiger partial charge in [0.15, 0.2) is 0 Å². The van der Waals surface area contributed by atoms with Crippen molar-refractivity contribution in [2.45, 2.75) is 26.4 Å². The van der Waals surface area contributed by atoms with Gasteiger partial charge < -0.3 is 14.5 Å². The van der Waals surface area contributed by atoms with Crippen LogP contribution >= 0.6 is 0 Å². The summed E-state index contributed by atoms with van der Waals surface area (Å²) in [6.07, 6.45) is 0.206. The Morgan fingerprint density at radius 3 is 2.59 bits per heavy atom. The largest absolute Gasteiger partial charge is 0.464 e. The third kappa shape index (κ3) is 5.01. The lowest BCUT2D eigenvalue weighted by Crippen LogP contribution is -2.42. The molecule has 1 atom stereocenters. The molecular weight excluding hydrogens is 372 g/mol. The Balaban J connectivity index is 1.76. The van der Waals surface area contributed by atoms with Crippen LogP contribution in [0.4, 0.5) is 4.79 Å². The third-order valence-electron chi connectivity index (χ3n) is 4.31. The average Bonchev–Trinajstić information content (AvgIpc) is 3.08. The molecule has 1 heterocycles. The molecule has 2 aromatic carbocycles. The number of fused-ring (bicyclic) bond motifs is 1. The smallest absolute Gasteiger partial charge is 0.321 e. The number of benzene rings is 2. The molecule has 0 saturated carbocycles. The van der Waals surface area contributed by atoms with Crippen LogP contribution in [0.1, 0.15) is 29.7 Å². The molecule has 0 fully saturated rings. The molecule has 0 spiro atoms. The number of ether oxygens (including phenoxy) is 1. The van der Waals surface area contributed by atoms with E-state index in [0.717, 1.165) is 10.9 Å². The van der Waals surface area contributed by atoms with Crippen LogP contribution in [0.2, 0.25) is 0 Å². The Morgan fingerprint density at radius 1 is 1.10 bits per heavy atom. The molecule has 0 aliphatic rings. The van der Waals surface area contributed by atoms with E-state index in [0.29, 0.717) is 23.3 Å². The summed E-state index contributed by atoms with van der Waals surface area (Å²) in [5.41, 5.74) is 2.87. The minimum atomic E-state index is -1.24. The number of hydrogen-bond acceptors (Lipinski definition) is 5. The Bertz CT molecular complexity index is 1030. The van der Waals surface area contributed by atoms with Crippen LogP contribution in [0.15, 0.2) is 59.2 Å². The second-order valence-electron chi connectivity index (χ2n) is 6.57. The lowest BCUT2D eigenvalue weighted by Gasteiger charge is -2.17. The molecule has 3 amide bonds. The molecule has 150 valence electrons. The van der Waals surface area contributed by atoms with Crippen molar-refractivity contribution in [2.24, 2.45) is 0 Å². The first-order valence-corrected chi connectivity index (χ1v) is 9.27. The van der Waals surface area contributed by atoms with Crippen LogP contribution in [-0.4, -0.2) is 24.5 Å². The van der Waals surface area contributed by atoms with E-state index >= 15 is 0 Å². The number of imide groups is 1. The van der Waals surface area contributed by atoms with Crippen LogP contribution in [-0.2, 0) is 20.7 Å². The standard InChI is InChI=1S/C22H22N2O5/c1-3-23-22(27)24-21(26)20(15-7-5-4-6-8-15)29-19(25)12-16-13-28-18-11-14(2)9-10-17(16)18/h4-11,13,20H,3,12H2,1-2H3,(H2,23,24,26,27)/t20-/m1/s1. The lowest BCUT2D eigenvalue weighted by atomic mass is 10.1. The minimum absolute atomic E-state index is 0.0617. The van der Waals surface area contributed by atoms with E-state index in [1.165, 1.54) is 6.26 Å². The molecule has 0 unspecified atom stereocenters. The molecule has 0 bridgehead atoms. The van der Waals surface area contributed by atoms with Gasteiger partial charge in [-0.1, -0.05) is 42.5 Å². The summed E-state index contributed by atoms with van der Waals surface area (Å²) >= 11 is 0. The van der Waals surface area contributed by atoms with Crippen molar-refractivity contribution in [1.29, 1.82) is 0 Å². The van der Waals surface area contributed by atoms with Crippen LogP contribution in [0.3, 0.4) is 0 Å². The second kappa shape index (κ2) is 9.05. The van der Waals surface area contributed by atoms with E-state index in [1.807, 2.05) is 25.1 Å². The predicted octanol–water partition coefficient (Wildman–Crippen LogP) is 3.41. The second-order valence-corrected chi connectivity index (χ2v) is 6.57. The van der Waals surface area contributed by atoms with Crippen molar-refractivity contribution in [2.75, 3.05) is 6.54 Å². The highest BCUT2D eigenvalue weighted by molar-refractivity contribution is 5.98. The molecule has 0 saturated heterocycles. The van der Waals surface area contributed by atoms with Gasteiger partial charge in [-0.3, -0.25) is 14.9 Å². The molecule has 1 aromatic heterocycles. The zero-order valence-corrected chi connectivity index (χ0v) is 16.2. The van der Waals surface area contributed by atoms with Crippen LogP contribution in [0.5, 0.6) is 0 Å². The maximum Gasteiger partial charge on any atom is 0.321 e. The number of carbonyl (C=O) groups is 3. The molecule has 0 aliphatic carbocycles. The maximum absolute atomic E-state index is 12.6. The molecule has 3 rings (SSSR count). The Morgan fingerprint density at radius 2 is 1.86 bits per heavy atom. The third-order valence-corrected chi connectivity index (χ3v) is 4.31. The Labute approximate surface area is 168 Å². The number of amides is 3. The summed E-state index contributed by atoms with van der Waals surface area (Å²) < 4.78 is 11.0. The van der Waals surface area contributed by atoms with Crippen molar-refractivity contribution in [1.82, 2.24) is 10.6 Å². The number of nitrogens with one attached hydrogen (secondary N) is 2. The fraction of sp³-hybridized carbons (Fsp3) is 0.227. The summed E-state index contributed by atoms with van der Waals surface area (Å²) in [6, 6.07) is 13.6. The highest BCUT2D eigenvalue weighted by atomic mass is 16.5. The quantitative estimate of drug-likeness (QED) is 0.625. The maximum atomic E-state index is 12.6. The van der Waals surface area contributed by atoms with E-state index in [2.05, 4.69) is 10.6 Å². The summed E-state index contributed by atoms with van der Waals surface area (Å²) in [6.45, 7) is 4.05. The normalized spacial score (nSPS) is 11.7. The van der Waals surface area contributed by atoms with Gasteiger partial charge >= 0.3 is 12.0 Å². The number of urea groups is 1. The predicted molar refractivity (Wildman–Crippen MR) is 107 cm³/mol. The summed E-state index contributed by atoms with van der Waals surface area (Å²) in [5.74, 6) is -1.32. The van der Waals surface area contributed by atoms with Gasteiger partial charge in [-0.05, 0) is 25.5 Å². The van der Waals surface area contributed by atoms with Crippen LogP contribution in [0, 0.1) is 6.92 Å².